The number of anilines is 1. The second-order valence-electron chi connectivity index (χ2n) is 3.75. The van der Waals surface area contributed by atoms with Gasteiger partial charge in [-0.15, -0.1) is 0 Å². The van der Waals surface area contributed by atoms with Crippen molar-refractivity contribution in [1.82, 2.24) is 0 Å². The molecule has 2 aromatic rings. The summed E-state index contributed by atoms with van der Waals surface area (Å²) >= 11 is 0. The molecule has 0 saturated heterocycles. The first-order valence-corrected chi connectivity index (χ1v) is 5.27. The predicted octanol–water partition coefficient (Wildman–Crippen LogP) is 2.54. The first-order chi connectivity index (χ1) is 8.56. The van der Waals surface area contributed by atoms with Crippen molar-refractivity contribution in [2.45, 2.75) is 6.92 Å². The number of aryl methyl sites for hydroxylation is 1. The second kappa shape index (κ2) is 4.75. The molecule has 2 N–H and O–H groups in total. The van der Waals surface area contributed by atoms with Crippen LogP contribution in [0.15, 0.2) is 40.8 Å². The van der Waals surface area contributed by atoms with E-state index in [0.717, 1.165) is 0 Å². The van der Waals surface area contributed by atoms with Gasteiger partial charge in [-0.3, -0.25) is 4.79 Å². The van der Waals surface area contributed by atoms with E-state index in [4.69, 9.17) is 9.52 Å². The average Bonchev–Trinajstić information content (AvgIpc) is 2.76. The number of aromatic carboxylic acids is 1. The Balaban J connectivity index is 2.10. The Kier molecular flexibility index (Phi) is 3.14. The highest BCUT2D eigenvalue weighted by Gasteiger charge is 2.10. The Labute approximate surface area is 103 Å². The van der Waals surface area contributed by atoms with Gasteiger partial charge in [0.25, 0.3) is 5.91 Å². The normalized spacial score (nSPS) is 10.1. The topological polar surface area (TPSA) is 79.5 Å². The number of rotatable bonds is 3. The molecule has 0 aliphatic carbocycles. The minimum atomic E-state index is -1.01. The van der Waals surface area contributed by atoms with Gasteiger partial charge in [0, 0.05) is 5.69 Å². The maximum absolute atomic E-state index is 11.7. The molecular formula is C13H11NO4. The summed E-state index contributed by atoms with van der Waals surface area (Å²) in [5.41, 5.74) is 0.681. The van der Waals surface area contributed by atoms with E-state index in [1.165, 1.54) is 24.3 Å². The van der Waals surface area contributed by atoms with Crippen LogP contribution in [0.2, 0.25) is 0 Å². The third kappa shape index (κ3) is 2.57. The molecule has 1 heterocycles. The largest absolute Gasteiger partial charge is 0.478 e. The van der Waals surface area contributed by atoms with Gasteiger partial charge >= 0.3 is 5.97 Å². The smallest absolute Gasteiger partial charge is 0.335 e. The Bertz CT molecular complexity index is 583. The molecule has 1 aromatic heterocycles. The van der Waals surface area contributed by atoms with Crippen molar-refractivity contribution in [2.75, 3.05) is 5.32 Å². The van der Waals surface area contributed by atoms with Crippen molar-refractivity contribution in [3.63, 3.8) is 0 Å². The van der Waals surface area contributed by atoms with Crippen molar-refractivity contribution in [3.05, 3.63) is 53.5 Å². The van der Waals surface area contributed by atoms with Gasteiger partial charge in [0.05, 0.1) is 5.56 Å². The molecule has 0 spiro atoms. The van der Waals surface area contributed by atoms with Crippen LogP contribution in [0.5, 0.6) is 0 Å². The molecule has 1 amide bonds. The van der Waals surface area contributed by atoms with Crippen molar-refractivity contribution in [1.29, 1.82) is 0 Å². The molecule has 1 aromatic carbocycles. The van der Waals surface area contributed by atoms with Gasteiger partial charge in [0.2, 0.25) is 0 Å². The van der Waals surface area contributed by atoms with E-state index in [1.807, 2.05) is 0 Å². The summed E-state index contributed by atoms with van der Waals surface area (Å²) in [6, 6.07) is 9.17. The Morgan fingerprint density at radius 2 is 1.78 bits per heavy atom. The molecule has 18 heavy (non-hydrogen) atoms. The van der Waals surface area contributed by atoms with E-state index in [1.54, 1.807) is 19.1 Å². The van der Waals surface area contributed by atoms with Crippen molar-refractivity contribution >= 4 is 17.6 Å². The number of carbonyl (C=O) groups is 2. The van der Waals surface area contributed by atoms with Gasteiger partial charge in [-0.2, -0.15) is 0 Å². The SMILES string of the molecule is Cc1ccc(C(=O)Nc2ccc(C(=O)O)cc2)o1. The van der Waals surface area contributed by atoms with Crippen molar-refractivity contribution in [3.8, 4) is 0 Å². The molecule has 0 bridgehead atoms. The highest BCUT2D eigenvalue weighted by molar-refractivity contribution is 6.02. The van der Waals surface area contributed by atoms with E-state index < -0.39 is 5.97 Å². The molecule has 0 saturated carbocycles. The van der Waals surface area contributed by atoms with E-state index >= 15 is 0 Å². The van der Waals surface area contributed by atoms with Crippen molar-refractivity contribution < 1.29 is 19.1 Å². The van der Waals surface area contributed by atoms with Gasteiger partial charge in [-0.1, -0.05) is 0 Å². The van der Waals surface area contributed by atoms with E-state index in [-0.39, 0.29) is 17.2 Å². The molecule has 92 valence electrons. The van der Waals surface area contributed by atoms with Gasteiger partial charge in [-0.05, 0) is 43.3 Å². The predicted molar refractivity (Wildman–Crippen MR) is 64.8 cm³/mol. The molecular weight excluding hydrogens is 234 g/mol. The molecule has 0 aliphatic rings. The number of furan rings is 1. The zero-order valence-corrected chi connectivity index (χ0v) is 9.64. The summed E-state index contributed by atoms with van der Waals surface area (Å²) in [4.78, 5) is 22.4. The lowest BCUT2D eigenvalue weighted by Gasteiger charge is -2.03. The summed E-state index contributed by atoms with van der Waals surface area (Å²) in [5, 5.41) is 11.3. The monoisotopic (exact) mass is 245 g/mol. The lowest BCUT2D eigenvalue weighted by atomic mass is 10.2. The Morgan fingerprint density at radius 1 is 1.11 bits per heavy atom. The highest BCUT2D eigenvalue weighted by atomic mass is 16.4. The van der Waals surface area contributed by atoms with Gasteiger partial charge < -0.3 is 14.8 Å². The van der Waals surface area contributed by atoms with Crippen LogP contribution in [-0.2, 0) is 0 Å². The maximum Gasteiger partial charge on any atom is 0.335 e. The Hall–Kier alpha value is -2.56. The zero-order chi connectivity index (χ0) is 13.1. The number of nitrogens with one attached hydrogen (secondary N) is 1. The van der Waals surface area contributed by atoms with Crippen molar-refractivity contribution in [2.24, 2.45) is 0 Å². The van der Waals surface area contributed by atoms with E-state index in [9.17, 15) is 9.59 Å². The number of benzene rings is 1. The first kappa shape index (κ1) is 11.9. The van der Waals surface area contributed by atoms with Crippen LogP contribution in [0.25, 0.3) is 0 Å². The van der Waals surface area contributed by atoms with Crippen LogP contribution in [0, 0.1) is 6.92 Å². The fourth-order valence-corrected chi connectivity index (χ4v) is 1.45. The maximum atomic E-state index is 11.7. The minimum absolute atomic E-state index is 0.168. The van der Waals surface area contributed by atoms with Crippen LogP contribution < -0.4 is 5.32 Å². The lowest BCUT2D eigenvalue weighted by Crippen LogP contribution is -2.11. The zero-order valence-electron chi connectivity index (χ0n) is 9.64. The summed E-state index contributed by atoms with van der Waals surface area (Å²) < 4.78 is 5.17. The number of carbonyl (C=O) groups excluding carboxylic acids is 1. The third-order valence-electron chi connectivity index (χ3n) is 2.35. The summed E-state index contributed by atoms with van der Waals surface area (Å²) in [6.07, 6.45) is 0. The molecule has 0 unspecified atom stereocenters. The molecule has 0 atom stereocenters. The fourth-order valence-electron chi connectivity index (χ4n) is 1.45. The van der Waals surface area contributed by atoms with Crippen LogP contribution in [0.4, 0.5) is 5.69 Å². The highest BCUT2D eigenvalue weighted by Crippen LogP contribution is 2.13. The number of hydrogen-bond acceptors (Lipinski definition) is 3. The van der Waals surface area contributed by atoms with Crippen LogP contribution in [0.3, 0.4) is 0 Å². The first-order valence-electron chi connectivity index (χ1n) is 5.27. The Morgan fingerprint density at radius 3 is 2.28 bits per heavy atom. The molecule has 0 aliphatic heterocycles. The van der Waals surface area contributed by atoms with Crippen LogP contribution in [0.1, 0.15) is 26.7 Å². The number of amides is 1. The van der Waals surface area contributed by atoms with Crippen LogP contribution in [-0.4, -0.2) is 17.0 Å². The second-order valence-corrected chi connectivity index (χ2v) is 3.75. The van der Waals surface area contributed by atoms with E-state index in [0.29, 0.717) is 11.4 Å². The van der Waals surface area contributed by atoms with Crippen LogP contribution >= 0.6 is 0 Å². The molecule has 5 nitrogen and oxygen atoms in total. The number of carboxylic acids is 1. The summed E-state index contributed by atoms with van der Waals surface area (Å²) in [6.45, 7) is 1.75. The minimum Gasteiger partial charge on any atom is -0.478 e. The molecule has 2 rings (SSSR count). The molecule has 5 heteroatoms. The van der Waals surface area contributed by atoms with Gasteiger partial charge in [0.1, 0.15) is 5.76 Å². The molecule has 0 fully saturated rings. The number of carboxylic acid groups (broad SMARTS) is 1. The quantitative estimate of drug-likeness (QED) is 0.870. The fraction of sp³-hybridized carbons (Fsp3) is 0.0769. The standard InChI is InChI=1S/C13H11NO4/c1-8-2-7-11(18-8)12(15)14-10-5-3-9(4-6-10)13(16)17/h2-7H,1H3,(H,14,15)(H,16,17). The summed E-state index contributed by atoms with van der Waals surface area (Å²) in [5.74, 6) is -0.503. The van der Waals surface area contributed by atoms with Gasteiger partial charge in [-0.25, -0.2) is 4.79 Å². The third-order valence-corrected chi connectivity index (χ3v) is 2.35. The lowest BCUT2D eigenvalue weighted by molar-refractivity contribution is 0.0696. The van der Waals surface area contributed by atoms with E-state index in [2.05, 4.69) is 5.32 Å². The summed E-state index contributed by atoms with van der Waals surface area (Å²) in [7, 11) is 0. The molecule has 0 radical (unpaired) electrons. The average molecular weight is 245 g/mol. The number of hydrogen-bond donors (Lipinski definition) is 2. The van der Waals surface area contributed by atoms with Gasteiger partial charge in [0.15, 0.2) is 5.76 Å².